The standard InChI is InChI=1S/C15H23NO2S/c1-4-15(3)9-11-16(12-10-15)19(17,18)14-8-6-5-7-13(14)2/h5-8H,4,9-12H2,1-3H3. The molecule has 0 aromatic heterocycles. The molecular weight excluding hydrogens is 258 g/mol. The molecule has 0 radical (unpaired) electrons. The average Bonchev–Trinajstić information content (AvgIpc) is 2.39. The minimum Gasteiger partial charge on any atom is -0.207 e. The molecule has 0 spiro atoms. The van der Waals surface area contributed by atoms with E-state index >= 15 is 0 Å². The molecule has 0 unspecified atom stereocenters. The van der Waals surface area contributed by atoms with E-state index in [1.54, 1.807) is 16.4 Å². The van der Waals surface area contributed by atoms with Gasteiger partial charge in [-0.25, -0.2) is 8.42 Å². The van der Waals surface area contributed by atoms with Gasteiger partial charge in [0.25, 0.3) is 0 Å². The monoisotopic (exact) mass is 281 g/mol. The Hall–Kier alpha value is -0.870. The molecular formula is C15H23NO2S. The molecule has 1 aromatic carbocycles. The number of sulfonamides is 1. The van der Waals surface area contributed by atoms with Crippen molar-refractivity contribution < 1.29 is 8.42 Å². The summed E-state index contributed by atoms with van der Waals surface area (Å²) in [6, 6.07) is 7.23. The summed E-state index contributed by atoms with van der Waals surface area (Å²) >= 11 is 0. The Balaban J connectivity index is 2.22. The topological polar surface area (TPSA) is 37.4 Å². The van der Waals surface area contributed by atoms with E-state index in [-0.39, 0.29) is 0 Å². The van der Waals surface area contributed by atoms with Gasteiger partial charge in [0, 0.05) is 13.1 Å². The third-order valence-electron chi connectivity index (χ3n) is 4.49. The molecule has 1 aliphatic rings. The Kier molecular flexibility index (Phi) is 4.02. The molecule has 0 aliphatic carbocycles. The Morgan fingerprint density at radius 3 is 2.32 bits per heavy atom. The van der Waals surface area contributed by atoms with Crippen LogP contribution in [0.3, 0.4) is 0 Å². The fraction of sp³-hybridized carbons (Fsp3) is 0.600. The maximum absolute atomic E-state index is 12.6. The second kappa shape index (κ2) is 5.25. The highest BCUT2D eigenvalue weighted by molar-refractivity contribution is 7.89. The molecule has 106 valence electrons. The fourth-order valence-corrected chi connectivity index (χ4v) is 4.27. The molecule has 0 saturated carbocycles. The van der Waals surface area contributed by atoms with Crippen molar-refractivity contribution in [1.29, 1.82) is 0 Å². The summed E-state index contributed by atoms with van der Waals surface area (Å²) in [7, 11) is -3.32. The van der Waals surface area contributed by atoms with Crippen molar-refractivity contribution in [2.24, 2.45) is 5.41 Å². The van der Waals surface area contributed by atoms with Gasteiger partial charge in [-0.15, -0.1) is 0 Å². The van der Waals surface area contributed by atoms with Gasteiger partial charge in [-0.05, 0) is 36.8 Å². The SMILES string of the molecule is CCC1(C)CCN(S(=O)(=O)c2ccccc2C)CC1. The first-order valence-corrected chi connectivity index (χ1v) is 8.39. The van der Waals surface area contributed by atoms with Crippen LogP contribution in [0.15, 0.2) is 29.2 Å². The lowest BCUT2D eigenvalue weighted by Gasteiger charge is -2.38. The number of hydrogen-bond acceptors (Lipinski definition) is 2. The lowest BCUT2D eigenvalue weighted by molar-refractivity contribution is 0.169. The molecule has 1 saturated heterocycles. The smallest absolute Gasteiger partial charge is 0.207 e. The van der Waals surface area contributed by atoms with E-state index in [2.05, 4.69) is 13.8 Å². The molecule has 3 nitrogen and oxygen atoms in total. The Morgan fingerprint density at radius 2 is 1.79 bits per heavy atom. The van der Waals surface area contributed by atoms with E-state index in [1.807, 2.05) is 19.1 Å². The molecule has 0 atom stereocenters. The fourth-order valence-electron chi connectivity index (χ4n) is 2.60. The lowest BCUT2D eigenvalue weighted by atomic mass is 9.79. The first-order valence-electron chi connectivity index (χ1n) is 6.95. The predicted molar refractivity (Wildman–Crippen MR) is 77.6 cm³/mol. The number of nitrogens with zero attached hydrogens (tertiary/aromatic N) is 1. The third kappa shape index (κ3) is 2.84. The predicted octanol–water partition coefficient (Wildman–Crippen LogP) is 3.20. The minimum atomic E-state index is -3.32. The van der Waals surface area contributed by atoms with Crippen LogP contribution < -0.4 is 0 Å². The second-order valence-corrected chi connectivity index (χ2v) is 7.74. The number of rotatable bonds is 3. The van der Waals surface area contributed by atoms with Crippen molar-refractivity contribution in [2.75, 3.05) is 13.1 Å². The molecule has 1 aromatic rings. The maximum Gasteiger partial charge on any atom is 0.243 e. The number of hydrogen-bond donors (Lipinski definition) is 0. The van der Waals surface area contributed by atoms with Gasteiger partial charge in [-0.1, -0.05) is 38.5 Å². The van der Waals surface area contributed by atoms with E-state index in [0.717, 1.165) is 24.8 Å². The summed E-state index contributed by atoms with van der Waals surface area (Å²) < 4.78 is 26.9. The Morgan fingerprint density at radius 1 is 1.21 bits per heavy atom. The first-order chi connectivity index (χ1) is 8.89. The van der Waals surface area contributed by atoms with Crippen molar-refractivity contribution in [2.45, 2.75) is 44.9 Å². The molecule has 19 heavy (non-hydrogen) atoms. The van der Waals surface area contributed by atoms with E-state index in [1.165, 1.54) is 0 Å². The van der Waals surface area contributed by atoms with Crippen LogP contribution in [0.5, 0.6) is 0 Å². The highest BCUT2D eigenvalue weighted by Crippen LogP contribution is 2.36. The van der Waals surface area contributed by atoms with Crippen LogP contribution in [-0.2, 0) is 10.0 Å². The molecule has 1 aliphatic heterocycles. The average molecular weight is 281 g/mol. The van der Waals surface area contributed by atoms with Gasteiger partial charge in [0.15, 0.2) is 0 Å². The summed E-state index contributed by atoms with van der Waals surface area (Å²) in [6.45, 7) is 7.57. The summed E-state index contributed by atoms with van der Waals surface area (Å²) in [6.07, 6.45) is 3.02. The number of piperidine rings is 1. The molecule has 4 heteroatoms. The normalized spacial score (nSPS) is 20.4. The summed E-state index contributed by atoms with van der Waals surface area (Å²) in [5.74, 6) is 0. The largest absolute Gasteiger partial charge is 0.243 e. The Bertz CT molecular complexity index is 543. The van der Waals surface area contributed by atoms with Crippen molar-refractivity contribution >= 4 is 10.0 Å². The van der Waals surface area contributed by atoms with Gasteiger partial charge >= 0.3 is 0 Å². The van der Waals surface area contributed by atoms with Crippen LogP contribution in [-0.4, -0.2) is 25.8 Å². The second-order valence-electron chi connectivity index (χ2n) is 5.83. The summed E-state index contributed by atoms with van der Waals surface area (Å²) in [5, 5.41) is 0. The molecule has 1 fully saturated rings. The van der Waals surface area contributed by atoms with Crippen LogP contribution >= 0.6 is 0 Å². The van der Waals surface area contributed by atoms with Gasteiger partial charge in [0.05, 0.1) is 4.90 Å². The first kappa shape index (κ1) is 14.5. The van der Waals surface area contributed by atoms with E-state index in [0.29, 0.717) is 23.4 Å². The molecule has 0 N–H and O–H groups in total. The Labute approximate surface area is 116 Å². The van der Waals surface area contributed by atoms with Crippen LogP contribution in [0, 0.1) is 12.3 Å². The van der Waals surface area contributed by atoms with Gasteiger partial charge < -0.3 is 0 Å². The maximum atomic E-state index is 12.6. The highest BCUT2D eigenvalue weighted by Gasteiger charge is 2.34. The zero-order chi connectivity index (χ0) is 14.1. The summed E-state index contributed by atoms with van der Waals surface area (Å²) in [5.41, 5.74) is 1.13. The molecule has 0 bridgehead atoms. The number of benzene rings is 1. The van der Waals surface area contributed by atoms with Crippen LogP contribution in [0.25, 0.3) is 0 Å². The quantitative estimate of drug-likeness (QED) is 0.853. The van der Waals surface area contributed by atoms with Gasteiger partial charge in [0.1, 0.15) is 0 Å². The van der Waals surface area contributed by atoms with Crippen molar-refractivity contribution in [1.82, 2.24) is 4.31 Å². The van der Waals surface area contributed by atoms with E-state index in [9.17, 15) is 8.42 Å². The van der Waals surface area contributed by atoms with E-state index < -0.39 is 10.0 Å². The molecule has 0 amide bonds. The van der Waals surface area contributed by atoms with E-state index in [4.69, 9.17) is 0 Å². The van der Waals surface area contributed by atoms with Crippen LogP contribution in [0.2, 0.25) is 0 Å². The minimum absolute atomic E-state index is 0.303. The zero-order valence-corrected chi connectivity index (χ0v) is 12.8. The van der Waals surface area contributed by atoms with Gasteiger partial charge in [-0.2, -0.15) is 4.31 Å². The molecule has 2 rings (SSSR count). The third-order valence-corrected chi connectivity index (χ3v) is 6.55. The van der Waals surface area contributed by atoms with Crippen LogP contribution in [0.4, 0.5) is 0 Å². The lowest BCUT2D eigenvalue weighted by Crippen LogP contribution is -2.42. The van der Waals surface area contributed by atoms with Crippen molar-refractivity contribution in [3.8, 4) is 0 Å². The van der Waals surface area contributed by atoms with Gasteiger partial charge in [0.2, 0.25) is 10.0 Å². The highest BCUT2D eigenvalue weighted by atomic mass is 32.2. The number of aryl methyl sites for hydroxylation is 1. The summed E-state index contributed by atoms with van der Waals surface area (Å²) in [4.78, 5) is 0.454. The van der Waals surface area contributed by atoms with Crippen LogP contribution in [0.1, 0.15) is 38.7 Å². The van der Waals surface area contributed by atoms with Crippen molar-refractivity contribution in [3.63, 3.8) is 0 Å². The van der Waals surface area contributed by atoms with Crippen molar-refractivity contribution in [3.05, 3.63) is 29.8 Å². The van der Waals surface area contributed by atoms with Gasteiger partial charge in [-0.3, -0.25) is 0 Å². The molecule has 1 heterocycles. The zero-order valence-electron chi connectivity index (χ0n) is 12.0.